The number of unbranched alkanes of at least 4 members (excludes halogenated alkanes) is 2. The second kappa shape index (κ2) is 12.6. The van der Waals surface area contributed by atoms with Crippen LogP contribution in [0.4, 0.5) is 0 Å². The van der Waals surface area contributed by atoms with Crippen LogP contribution in [-0.2, 0) is 6.54 Å². The lowest BCUT2D eigenvalue weighted by atomic mass is 9.99. The predicted molar refractivity (Wildman–Crippen MR) is 103 cm³/mol. The summed E-state index contributed by atoms with van der Waals surface area (Å²) in [5.41, 5.74) is 0.0700. The first-order chi connectivity index (χ1) is 11.7. The van der Waals surface area contributed by atoms with Gasteiger partial charge in [-0.05, 0) is 31.2 Å². The van der Waals surface area contributed by atoms with Gasteiger partial charge in [-0.3, -0.25) is 9.79 Å². The van der Waals surface area contributed by atoms with E-state index >= 15 is 0 Å². The van der Waals surface area contributed by atoms with Gasteiger partial charge in [0.05, 0.1) is 0 Å². The number of guanidine groups is 1. The summed E-state index contributed by atoms with van der Waals surface area (Å²) < 4.78 is 1.76. The molecule has 0 spiro atoms. The molecule has 0 amide bonds. The highest BCUT2D eigenvalue weighted by Crippen LogP contribution is 2.10. The third-order valence-corrected chi connectivity index (χ3v) is 4.34. The smallest absolute Gasteiger partial charge is 0.250 e. The van der Waals surface area contributed by atoms with Gasteiger partial charge in [0, 0.05) is 38.9 Å². The predicted octanol–water partition coefficient (Wildman–Crippen LogP) is 3.01. The van der Waals surface area contributed by atoms with Crippen molar-refractivity contribution < 1.29 is 0 Å². The second-order valence-electron chi connectivity index (χ2n) is 6.24. The Labute approximate surface area is 146 Å². The molecule has 136 valence electrons. The minimum Gasteiger partial charge on any atom is -0.356 e. The van der Waals surface area contributed by atoms with E-state index in [0.717, 1.165) is 38.4 Å². The molecule has 0 saturated carbocycles. The van der Waals surface area contributed by atoms with Crippen LogP contribution in [0.25, 0.3) is 0 Å². The largest absolute Gasteiger partial charge is 0.356 e. The molecule has 0 radical (unpaired) electrons. The van der Waals surface area contributed by atoms with Crippen LogP contribution in [0, 0.1) is 5.92 Å². The molecular weight excluding hydrogens is 300 g/mol. The van der Waals surface area contributed by atoms with E-state index in [0.29, 0.717) is 5.92 Å². The molecule has 5 heteroatoms. The van der Waals surface area contributed by atoms with E-state index in [-0.39, 0.29) is 5.56 Å². The van der Waals surface area contributed by atoms with Crippen LogP contribution in [0.2, 0.25) is 0 Å². The maximum atomic E-state index is 11.6. The number of rotatable bonds is 11. The zero-order chi connectivity index (χ0) is 17.6. The lowest BCUT2D eigenvalue weighted by Crippen LogP contribution is -2.40. The van der Waals surface area contributed by atoms with E-state index in [4.69, 9.17) is 0 Å². The Kier molecular flexibility index (Phi) is 10.7. The minimum atomic E-state index is 0.0700. The highest BCUT2D eigenvalue weighted by atomic mass is 16.1. The summed E-state index contributed by atoms with van der Waals surface area (Å²) in [5.74, 6) is 1.59. The number of nitrogens with zero attached hydrogens (tertiary/aromatic N) is 2. The molecule has 1 aromatic heterocycles. The van der Waals surface area contributed by atoms with Gasteiger partial charge in [0.2, 0.25) is 5.56 Å². The summed E-state index contributed by atoms with van der Waals surface area (Å²) in [7, 11) is 1.81. The monoisotopic (exact) mass is 334 g/mol. The van der Waals surface area contributed by atoms with Crippen molar-refractivity contribution in [3.63, 3.8) is 0 Å². The van der Waals surface area contributed by atoms with E-state index in [9.17, 15) is 4.79 Å². The average molecular weight is 335 g/mol. The van der Waals surface area contributed by atoms with Gasteiger partial charge in [-0.25, -0.2) is 0 Å². The summed E-state index contributed by atoms with van der Waals surface area (Å²) >= 11 is 0. The molecule has 2 N–H and O–H groups in total. The Morgan fingerprint density at radius 2 is 2.04 bits per heavy atom. The van der Waals surface area contributed by atoms with Crippen LogP contribution >= 0.6 is 0 Å². The van der Waals surface area contributed by atoms with E-state index in [2.05, 4.69) is 29.5 Å². The third-order valence-electron chi connectivity index (χ3n) is 4.34. The summed E-state index contributed by atoms with van der Waals surface area (Å²) in [5, 5.41) is 6.79. The fraction of sp³-hybridized carbons (Fsp3) is 0.684. The van der Waals surface area contributed by atoms with E-state index in [1.807, 2.05) is 19.3 Å². The first-order valence-electron chi connectivity index (χ1n) is 9.31. The van der Waals surface area contributed by atoms with E-state index in [1.54, 1.807) is 16.7 Å². The average Bonchev–Trinajstić information content (AvgIpc) is 2.61. The fourth-order valence-corrected chi connectivity index (χ4v) is 2.66. The third kappa shape index (κ3) is 8.18. The molecule has 5 nitrogen and oxygen atoms in total. The minimum absolute atomic E-state index is 0.0700. The lowest BCUT2D eigenvalue weighted by molar-refractivity contribution is 0.443. The molecule has 0 bridgehead atoms. The van der Waals surface area contributed by atoms with Gasteiger partial charge < -0.3 is 15.2 Å². The summed E-state index contributed by atoms with van der Waals surface area (Å²) in [4.78, 5) is 15.9. The molecule has 1 aromatic rings. The van der Waals surface area contributed by atoms with Crippen molar-refractivity contribution in [3.8, 4) is 0 Å². The second-order valence-corrected chi connectivity index (χ2v) is 6.24. The number of hydrogen-bond acceptors (Lipinski definition) is 2. The Morgan fingerprint density at radius 3 is 2.71 bits per heavy atom. The molecule has 0 saturated heterocycles. The maximum Gasteiger partial charge on any atom is 0.250 e. The molecule has 1 heterocycles. The van der Waals surface area contributed by atoms with Crippen molar-refractivity contribution in [2.75, 3.05) is 20.1 Å². The quantitative estimate of drug-likeness (QED) is 0.371. The molecule has 0 fully saturated rings. The van der Waals surface area contributed by atoms with Crippen LogP contribution in [0.5, 0.6) is 0 Å². The zero-order valence-electron chi connectivity index (χ0n) is 15.6. The van der Waals surface area contributed by atoms with Crippen molar-refractivity contribution >= 4 is 5.96 Å². The van der Waals surface area contributed by atoms with Gasteiger partial charge in [0.15, 0.2) is 5.96 Å². The molecule has 1 rings (SSSR count). The number of nitrogens with one attached hydrogen (secondary N) is 2. The topological polar surface area (TPSA) is 58.4 Å². The maximum absolute atomic E-state index is 11.6. The van der Waals surface area contributed by atoms with Crippen LogP contribution in [0.1, 0.15) is 52.4 Å². The number of aliphatic imine (C=N–C) groups is 1. The summed E-state index contributed by atoms with van der Waals surface area (Å²) in [6.45, 7) is 7.11. The molecule has 0 aliphatic heterocycles. The molecule has 0 aromatic carbocycles. The van der Waals surface area contributed by atoms with Crippen LogP contribution in [-0.4, -0.2) is 30.7 Å². The van der Waals surface area contributed by atoms with Crippen molar-refractivity contribution in [3.05, 3.63) is 34.7 Å². The molecule has 1 unspecified atom stereocenters. The molecule has 0 aliphatic carbocycles. The van der Waals surface area contributed by atoms with Crippen molar-refractivity contribution in [1.82, 2.24) is 15.2 Å². The lowest BCUT2D eigenvalue weighted by Gasteiger charge is -2.18. The van der Waals surface area contributed by atoms with Gasteiger partial charge in [-0.15, -0.1) is 0 Å². The molecule has 0 aliphatic rings. The molecule has 24 heavy (non-hydrogen) atoms. The van der Waals surface area contributed by atoms with Gasteiger partial charge >= 0.3 is 0 Å². The number of hydrogen-bond donors (Lipinski definition) is 2. The summed E-state index contributed by atoms with van der Waals surface area (Å²) in [6.07, 6.45) is 8.87. The van der Waals surface area contributed by atoms with Crippen molar-refractivity contribution in [1.29, 1.82) is 0 Å². The number of pyridine rings is 1. The van der Waals surface area contributed by atoms with Crippen LogP contribution in [0.3, 0.4) is 0 Å². The normalized spacial score (nSPS) is 12.9. The highest BCUT2D eigenvalue weighted by molar-refractivity contribution is 5.79. The Morgan fingerprint density at radius 1 is 1.21 bits per heavy atom. The van der Waals surface area contributed by atoms with E-state index < -0.39 is 0 Å². The standard InChI is InChI=1S/C19H34N4O/c1-4-6-11-17(5-2)16-22-19(20-3)21-13-8-10-15-23-14-9-7-12-18(23)24/h7,9,12,14,17H,4-6,8,10-11,13,15-16H2,1-3H3,(H2,20,21,22). The SMILES string of the molecule is CCCCC(CC)CNC(=NC)NCCCCn1ccccc1=O. The Balaban J connectivity index is 2.20. The molecule has 1 atom stereocenters. The first kappa shape index (κ1) is 20.3. The van der Waals surface area contributed by atoms with E-state index in [1.165, 1.54) is 25.7 Å². The first-order valence-corrected chi connectivity index (χ1v) is 9.31. The van der Waals surface area contributed by atoms with Crippen molar-refractivity contribution in [2.45, 2.75) is 58.9 Å². The van der Waals surface area contributed by atoms with Gasteiger partial charge in [0.1, 0.15) is 0 Å². The Bertz CT molecular complexity index is 524. The van der Waals surface area contributed by atoms with Crippen LogP contribution < -0.4 is 16.2 Å². The Hall–Kier alpha value is -1.78. The van der Waals surface area contributed by atoms with Gasteiger partial charge in [-0.2, -0.15) is 0 Å². The van der Waals surface area contributed by atoms with Crippen LogP contribution in [0.15, 0.2) is 34.2 Å². The summed E-state index contributed by atoms with van der Waals surface area (Å²) in [6, 6.07) is 5.28. The number of aryl methyl sites for hydroxylation is 1. The van der Waals surface area contributed by atoms with Crippen molar-refractivity contribution in [2.24, 2.45) is 10.9 Å². The highest BCUT2D eigenvalue weighted by Gasteiger charge is 2.06. The van der Waals surface area contributed by atoms with Gasteiger partial charge in [0.25, 0.3) is 0 Å². The molecular formula is C19H34N4O. The number of aromatic nitrogens is 1. The fourth-order valence-electron chi connectivity index (χ4n) is 2.66. The zero-order valence-corrected chi connectivity index (χ0v) is 15.6. The van der Waals surface area contributed by atoms with Gasteiger partial charge in [-0.1, -0.05) is 39.2 Å².